The van der Waals surface area contributed by atoms with Gasteiger partial charge in [-0.15, -0.1) is 11.8 Å². The molecule has 1 unspecified atom stereocenters. The summed E-state index contributed by atoms with van der Waals surface area (Å²) >= 11 is 1.39. The van der Waals surface area contributed by atoms with Crippen molar-refractivity contribution < 1.29 is 19.2 Å². The summed E-state index contributed by atoms with van der Waals surface area (Å²) in [5.74, 6) is -1.13. The van der Waals surface area contributed by atoms with Crippen molar-refractivity contribution in [2.45, 2.75) is 49.6 Å². The number of H-pyrrole nitrogens is 1. The van der Waals surface area contributed by atoms with Crippen LogP contribution < -0.4 is 16.4 Å². The van der Waals surface area contributed by atoms with Crippen molar-refractivity contribution in [3.8, 4) is 0 Å². The Kier molecular flexibility index (Phi) is 6.22. The standard InChI is InChI=1S/C17H24N6O4S/c1-9-15(25)22-12(7-28-9)16(26)21-11(5-10-6-19-8-20-10)17(27)23-4-2-3-13(23)14(18)24/h6,8-9,11-13H,2-5,7H2,1H3,(H2,18,24)(H,19,20)(H,21,26)(H,22,25)/t9?,11-,12-,13-/m0/s1. The first kappa shape index (κ1) is 20.2. The van der Waals surface area contributed by atoms with Crippen LogP contribution in [0.5, 0.6) is 0 Å². The van der Waals surface area contributed by atoms with Gasteiger partial charge < -0.3 is 26.3 Å². The predicted molar refractivity (Wildman–Crippen MR) is 102 cm³/mol. The fraction of sp³-hybridized carbons (Fsp3) is 0.588. The number of hydrogen-bond donors (Lipinski definition) is 4. The van der Waals surface area contributed by atoms with Gasteiger partial charge in [-0.25, -0.2) is 4.98 Å². The topological polar surface area (TPSA) is 150 Å². The summed E-state index contributed by atoms with van der Waals surface area (Å²) < 4.78 is 0. The van der Waals surface area contributed by atoms with Crippen molar-refractivity contribution >= 4 is 35.4 Å². The largest absolute Gasteiger partial charge is 0.368 e. The Morgan fingerprint density at radius 3 is 2.89 bits per heavy atom. The predicted octanol–water partition coefficient (Wildman–Crippen LogP) is -1.47. The minimum atomic E-state index is -0.894. The van der Waals surface area contributed by atoms with Gasteiger partial charge in [0.05, 0.1) is 11.6 Å². The van der Waals surface area contributed by atoms with Gasteiger partial charge in [0, 0.05) is 30.6 Å². The molecule has 11 heteroatoms. The first-order chi connectivity index (χ1) is 13.4. The minimum Gasteiger partial charge on any atom is -0.368 e. The molecule has 2 fully saturated rings. The average molecular weight is 408 g/mol. The minimum absolute atomic E-state index is 0.191. The van der Waals surface area contributed by atoms with Crippen LogP contribution in [-0.4, -0.2) is 74.2 Å². The lowest BCUT2D eigenvalue weighted by atomic mass is 10.1. The number of likely N-dealkylation sites (tertiary alicyclic amines) is 1. The Hall–Kier alpha value is -2.56. The van der Waals surface area contributed by atoms with Gasteiger partial charge in [0.15, 0.2) is 0 Å². The summed E-state index contributed by atoms with van der Waals surface area (Å²) in [6.07, 6.45) is 4.44. The van der Waals surface area contributed by atoms with Gasteiger partial charge in [0.2, 0.25) is 23.6 Å². The lowest BCUT2D eigenvalue weighted by Gasteiger charge is -2.30. The Labute approximate surface area is 166 Å². The smallest absolute Gasteiger partial charge is 0.246 e. The molecule has 1 aromatic rings. The molecule has 1 aromatic heterocycles. The number of nitrogens with zero attached hydrogens (tertiary/aromatic N) is 2. The molecule has 2 aliphatic rings. The van der Waals surface area contributed by atoms with Crippen molar-refractivity contribution in [3.05, 3.63) is 18.2 Å². The van der Waals surface area contributed by atoms with E-state index in [1.54, 1.807) is 13.1 Å². The molecule has 0 aliphatic carbocycles. The third-order valence-electron chi connectivity index (χ3n) is 4.97. The lowest BCUT2D eigenvalue weighted by Crippen LogP contribution is -2.59. The number of thioether (sulfide) groups is 1. The van der Waals surface area contributed by atoms with Gasteiger partial charge in [0.25, 0.3) is 0 Å². The Bertz CT molecular complexity index is 755. The Morgan fingerprint density at radius 1 is 1.46 bits per heavy atom. The van der Waals surface area contributed by atoms with E-state index in [1.165, 1.54) is 23.0 Å². The number of primary amides is 1. The van der Waals surface area contributed by atoms with Crippen LogP contribution in [0.4, 0.5) is 0 Å². The summed E-state index contributed by atoms with van der Waals surface area (Å²) in [5, 5.41) is 5.20. The zero-order valence-corrected chi connectivity index (χ0v) is 16.3. The molecule has 2 aliphatic heterocycles. The molecule has 0 bridgehead atoms. The van der Waals surface area contributed by atoms with E-state index in [1.807, 2.05) is 0 Å². The molecule has 0 saturated carbocycles. The molecule has 4 amide bonds. The summed E-state index contributed by atoms with van der Waals surface area (Å²) in [4.78, 5) is 57.6. The van der Waals surface area contributed by atoms with Crippen LogP contribution in [0.25, 0.3) is 0 Å². The number of nitrogens with two attached hydrogens (primary N) is 1. The van der Waals surface area contributed by atoms with E-state index in [4.69, 9.17) is 5.73 Å². The highest BCUT2D eigenvalue weighted by Gasteiger charge is 2.38. The van der Waals surface area contributed by atoms with E-state index in [0.717, 1.165) is 0 Å². The molecule has 0 radical (unpaired) electrons. The van der Waals surface area contributed by atoms with E-state index in [2.05, 4.69) is 20.6 Å². The van der Waals surface area contributed by atoms with Crippen molar-refractivity contribution in [2.75, 3.05) is 12.3 Å². The van der Waals surface area contributed by atoms with E-state index in [-0.39, 0.29) is 23.5 Å². The molecule has 10 nitrogen and oxygen atoms in total. The SMILES string of the molecule is CC1SC[C@@H](C(=O)N[C@@H](Cc2cnc[nH]2)C(=O)N2CCC[C@H]2C(N)=O)NC1=O. The first-order valence-electron chi connectivity index (χ1n) is 9.16. The van der Waals surface area contributed by atoms with Crippen LogP contribution in [0, 0.1) is 0 Å². The number of imidazole rings is 1. The molecular weight excluding hydrogens is 384 g/mol. The van der Waals surface area contributed by atoms with Crippen LogP contribution in [0.3, 0.4) is 0 Å². The van der Waals surface area contributed by atoms with Gasteiger partial charge in [0.1, 0.15) is 18.1 Å². The van der Waals surface area contributed by atoms with Crippen molar-refractivity contribution in [1.82, 2.24) is 25.5 Å². The fourth-order valence-corrected chi connectivity index (χ4v) is 4.34. The van der Waals surface area contributed by atoms with E-state index < -0.39 is 29.9 Å². The zero-order valence-electron chi connectivity index (χ0n) is 15.5. The second kappa shape index (κ2) is 8.63. The summed E-state index contributed by atoms with van der Waals surface area (Å²) in [7, 11) is 0. The van der Waals surface area contributed by atoms with Gasteiger partial charge in [-0.3, -0.25) is 19.2 Å². The number of aromatic nitrogens is 2. The number of nitrogens with one attached hydrogen (secondary N) is 3. The molecule has 0 spiro atoms. The van der Waals surface area contributed by atoms with Crippen molar-refractivity contribution in [1.29, 1.82) is 0 Å². The second-order valence-electron chi connectivity index (χ2n) is 6.97. The number of carbonyl (C=O) groups excluding carboxylic acids is 4. The van der Waals surface area contributed by atoms with Crippen LogP contribution in [0.15, 0.2) is 12.5 Å². The number of hydrogen-bond acceptors (Lipinski definition) is 6. The van der Waals surface area contributed by atoms with Gasteiger partial charge >= 0.3 is 0 Å². The number of carbonyl (C=O) groups is 4. The summed E-state index contributed by atoms with van der Waals surface area (Å²) in [6, 6.07) is -2.27. The molecule has 152 valence electrons. The van der Waals surface area contributed by atoms with Gasteiger partial charge in [-0.05, 0) is 19.8 Å². The summed E-state index contributed by atoms with van der Waals surface area (Å²) in [6.45, 7) is 2.19. The third-order valence-corrected chi connectivity index (χ3v) is 6.21. The molecule has 4 atom stereocenters. The average Bonchev–Trinajstić information content (AvgIpc) is 3.34. The summed E-state index contributed by atoms with van der Waals surface area (Å²) in [5.41, 5.74) is 6.09. The van der Waals surface area contributed by atoms with Crippen LogP contribution >= 0.6 is 11.8 Å². The molecule has 5 N–H and O–H groups in total. The van der Waals surface area contributed by atoms with E-state index in [0.29, 0.717) is 30.8 Å². The van der Waals surface area contributed by atoms with Crippen LogP contribution in [0.1, 0.15) is 25.5 Å². The Balaban J connectivity index is 1.73. The van der Waals surface area contributed by atoms with Crippen molar-refractivity contribution in [2.24, 2.45) is 5.73 Å². The normalized spacial score (nSPS) is 25.8. The lowest BCUT2D eigenvalue weighted by molar-refractivity contribution is -0.141. The van der Waals surface area contributed by atoms with Crippen LogP contribution in [0.2, 0.25) is 0 Å². The van der Waals surface area contributed by atoms with Gasteiger partial charge in [-0.1, -0.05) is 0 Å². The van der Waals surface area contributed by atoms with E-state index in [9.17, 15) is 19.2 Å². The fourth-order valence-electron chi connectivity index (χ4n) is 3.40. The molecule has 0 aromatic carbocycles. The molecule has 3 heterocycles. The second-order valence-corrected chi connectivity index (χ2v) is 8.34. The molecular formula is C17H24N6O4S. The number of amides is 4. The van der Waals surface area contributed by atoms with Crippen molar-refractivity contribution in [3.63, 3.8) is 0 Å². The maximum atomic E-state index is 13.1. The third kappa shape index (κ3) is 4.46. The van der Waals surface area contributed by atoms with Crippen LogP contribution in [-0.2, 0) is 25.6 Å². The quantitative estimate of drug-likeness (QED) is 0.451. The first-order valence-corrected chi connectivity index (χ1v) is 10.2. The number of rotatable bonds is 6. The van der Waals surface area contributed by atoms with E-state index >= 15 is 0 Å². The van der Waals surface area contributed by atoms with Gasteiger partial charge in [-0.2, -0.15) is 0 Å². The maximum Gasteiger partial charge on any atom is 0.246 e. The molecule has 2 saturated heterocycles. The Morgan fingerprint density at radius 2 is 2.25 bits per heavy atom. The highest BCUT2D eigenvalue weighted by molar-refractivity contribution is 8.00. The highest BCUT2D eigenvalue weighted by Crippen LogP contribution is 2.20. The zero-order chi connectivity index (χ0) is 20.3. The monoisotopic (exact) mass is 408 g/mol. The maximum absolute atomic E-state index is 13.1. The molecule has 3 rings (SSSR count). The highest BCUT2D eigenvalue weighted by atomic mass is 32.2. The number of aromatic amines is 1. The molecule has 28 heavy (non-hydrogen) atoms.